The topological polar surface area (TPSA) is 108 Å². The molecule has 1 aromatic heterocycles. The van der Waals surface area contributed by atoms with Gasteiger partial charge in [-0.2, -0.15) is 17.5 Å². The van der Waals surface area contributed by atoms with Gasteiger partial charge < -0.3 is 5.32 Å². The van der Waals surface area contributed by atoms with E-state index in [-0.39, 0.29) is 13.1 Å². The third-order valence-corrected chi connectivity index (χ3v) is 6.64. The zero-order chi connectivity index (χ0) is 22.2. The fourth-order valence-electron chi connectivity index (χ4n) is 2.94. The maximum Gasteiger partial charge on any atom is 0.433 e. The van der Waals surface area contributed by atoms with E-state index in [1.807, 2.05) is 5.32 Å². The predicted molar refractivity (Wildman–Crippen MR) is 99.3 cm³/mol. The van der Waals surface area contributed by atoms with Crippen LogP contribution in [0.2, 0.25) is 0 Å². The van der Waals surface area contributed by atoms with E-state index in [0.29, 0.717) is 17.6 Å². The molecule has 30 heavy (non-hydrogen) atoms. The number of alkyl halides is 3. The lowest BCUT2D eigenvalue weighted by Gasteiger charge is -2.28. The Bertz CT molecular complexity index is 1070. The minimum absolute atomic E-state index is 0.0310. The zero-order valence-electron chi connectivity index (χ0n) is 15.7. The first kappa shape index (κ1) is 21.8. The molecule has 0 spiro atoms. The van der Waals surface area contributed by atoms with Crippen molar-refractivity contribution in [3.63, 3.8) is 0 Å². The van der Waals surface area contributed by atoms with Gasteiger partial charge in [0.15, 0.2) is 0 Å². The maximum atomic E-state index is 12.6. The van der Waals surface area contributed by atoms with Gasteiger partial charge in [-0.1, -0.05) is 17.9 Å². The van der Waals surface area contributed by atoms with Crippen molar-refractivity contribution >= 4 is 22.0 Å². The predicted octanol–water partition coefficient (Wildman–Crippen LogP) is 1.01. The van der Waals surface area contributed by atoms with Crippen LogP contribution in [0.15, 0.2) is 30.0 Å². The summed E-state index contributed by atoms with van der Waals surface area (Å²) in [7, 11) is -3.84. The molecule has 0 bridgehead atoms. The fraction of sp³-hybridized carbons (Fsp3) is 0.389. The van der Waals surface area contributed by atoms with Gasteiger partial charge in [-0.3, -0.25) is 15.1 Å². The van der Waals surface area contributed by atoms with Crippen molar-refractivity contribution in [3.8, 4) is 11.8 Å². The van der Waals surface area contributed by atoms with Gasteiger partial charge in [0.05, 0.1) is 5.75 Å². The summed E-state index contributed by atoms with van der Waals surface area (Å²) in [4.78, 5) is 26.5. The van der Waals surface area contributed by atoms with Crippen LogP contribution in [0.25, 0.3) is 0 Å². The standard InChI is InChI=1S/C18H17F3N4O4S/c1-17(15(26)23-16(27)24-17)11-30(28,29)25-8-6-12(7-9-25)2-3-13-4-5-14(22-10-13)18(19,20)21/h4-6,10H,7-9,11H2,1H3,(H2,23,24,26,27)/t17-/m1/s1. The maximum absolute atomic E-state index is 12.6. The summed E-state index contributed by atoms with van der Waals surface area (Å²) in [6, 6.07) is 1.31. The summed E-state index contributed by atoms with van der Waals surface area (Å²) in [6.45, 7) is 1.49. The van der Waals surface area contributed by atoms with Gasteiger partial charge in [0.2, 0.25) is 10.0 Å². The van der Waals surface area contributed by atoms with Crippen LogP contribution in [0.3, 0.4) is 0 Å². The van der Waals surface area contributed by atoms with Crippen LogP contribution < -0.4 is 10.6 Å². The molecule has 3 rings (SSSR count). The van der Waals surface area contributed by atoms with Crippen molar-refractivity contribution in [2.24, 2.45) is 0 Å². The van der Waals surface area contributed by atoms with Crippen molar-refractivity contribution in [1.82, 2.24) is 19.9 Å². The van der Waals surface area contributed by atoms with Gasteiger partial charge in [-0.05, 0) is 25.5 Å². The van der Waals surface area contributed by atoms with Crippen molar-refractivity contribution < 1.29 is 31.2 Å². The SMILES string of the molecule is C[C@]1(CS(=O)(=O)N2CC=C(C#Cc3ccc(C(F)(F)F)nc3)CC2)NC(=O)NC1=O. The van der Waals surface area contributed by atoms with E-state index >= 15 is 0 Å². The van der Waals surface area contributed by atoms with Crippen LogP contribution >= 0.6 is 0 Å². The average Bonchev–Trinajstić information content (AvgIpc) is 2.90. The first-order valence-corrected chi connectivity index (χ1v) is 10.4. The summed E-state index contributed by atoms with van der Waals surface area (Å²) in [6.07, 6.45) is -1.60. The number of carbonyl (C=O) groups excluding carboxylic acids is 2. The first-order valence-electron chi connectivity index (χ1n) is 8.75. The quantitative estimate of drug-likeness (QED) is 0.537. The van der Waals surface area contributed by atoms with Crippen molar-refractivity contribution in [1.29, 1.82) is 0 Å². The second-order valence-corrected chi connectivity index (χ2v) is 8.98. The molecule has 2 aliphatic heterocycles. The summed E-state index contributed by atoms with van der Waals surface area (Å²) >= 11 is 0. The lowest BCUT2D eigenvalue weighted by molar-refractivity contribution is -0.141. The molecule has 0 saturated carbocycles. The summed E-state index contributed by atoms with van der Waals surface area (Å²) in [5, 5.41) is 4.33. The van der Waals surface area contributed by atoms with Gasteiger partial charge in [-0.15, -0.1) is 0 Å². The van der Waals surface area contributed by atoms with Crippen LogP contribution in [-0.4, -0.2) is 54.0 Å². The van der Waals surface area contributed by atoms with E-state index < -0.39 is 45.1 Å². The van der Waals surface area contributed by atoms with Crippen molar-refractivity contribution in [2.75, 3.05) is 18.8 Å². The lowest BCUT2D eigenvalue weighted by Crippen LogP contribution is -2.52. The highest BCUT2D eigenvalue weighted by atomic mass is 32.2. The fourth-order valence-corrected chi connectivity index (χ4v) is 4.73. The molecule has 8 nitrogen and oxygen atoms in total. The summed E-state index contributed by atoms with van der Waals surface area (Å²) in [5.74, 6) is 4.23. The van der Waals surface area contributed by atoms with Gasteiger partial charge in [0.25, 0.3) is 5.91 Å². The second kappa shape index (κ2) is 7.73. The monoisotopic (exact) mass is 442 g/mol. The molecule has 0 radical (unpaired) electrons. The summed E-state index contributed by atoms with van der Waals surface area (Å²) in [5.41, 5.74) is -1.61. The number of nitrogens with zero attached hydrogens (tertiary/aromatic N) is 2. The highest BCUT2D eigenvalue weighted by Gasteiger charge is 2.46. The Morgan fingerprint density at radius 2 is 2.00 bits per heavy atom. The molecule has 0 aromatic carbocycles. The minimum atomic E-state index is -4.52. The zero-order valence-corrected chi connectivity index (χ0v) is 16.5. The molecular weight excluding hydrogens is 425 g/mol. The number of amides is 3. The van der Waals surface area contributed by atoms with Gasteiger partial charge in [-0.25, -0.2) is 13.2 Å². The molecule has 160 valence electrons. The first-order chi connectivity index (χ1) is 13.9. The Kier molecular flexibility index (Phi) is 5.62. The normalized spacial score (nSPS) is 22.6. The number of aromatic nitrogens is 1. The van der Waals surface area contributed by atoms with E-state index in [1.54, 1.807) is 6.08 Å². The Hall–Kier alpha value is -2.91. The number of urea groups is 1. The molecule has 1 fully saturated rings. The molecule has 1 aromatic rings. The van der Waals surface area contributed by atoms with Crippen molar-refractivity contribution in [2.45, 2.75) is 25.1 Å². The number of pyridine rings is 1. The number of hydrogen-bond acceptors (Lipinski definition) is 5. The Morgan fingerprint density at radius 1 is 1.27 bits per heavy atom. The third-order valence-electron chi connectivity index (χ3n) is 4.58. The van der Waals surface area contributed by atoms with Crippen molar-refractivity contribution in [3.05, 3.63) is 41.2 Å². The van der Waals surface area contributed by atoms with Crippen LogP contribution in [0, 0.1) is 11.8 Å². The molecule has 12 heteroatoms. The van der Waals surface area contributed by atoms with E-state index in [4.69, 9.17) is 0 Å². The largest absolute Gasteiger partial charge is 0.433 e. The number of rotatable bonds is 3. The second-order valence-electron chi connectivity index (χ2n) is 7.01. The third kappa shape index (κ3) is 4.80. The molecule has 3 amide bonds. The smallest absolute Gasteiger partial charge is 0.322 e. The molecular formula is C18H17F3N4O4S. The minimum Gasteiger partial charge on any atom is -0.322 e. The number of hydrogen-bond donors (Lipinski definition) is 2. The van der Waals surface area contributed by atoms with E-state index in [2.05, 4.69) is 22.1 Å². The Labute approximate surface area is 170 Å². The van der Waals surface area contributed by atoms with Gasteiger partial charge in [0.1, 0.15) is 11.2 Å². The Morgan fingerprint density at radius 3 is 2.50 bits per heavy atom. The molecule has 0 aliphatic carbocycles. The molecule has 1 atom stereocenters. The van der Waals surface area contributed by atoms with E-state index in [0.717, 1.165) is 12.3 Å². The highest BCUT2D eigenvalue weighted by Crippen LogP contribution is 2.27. The molecule has 2 aliphatic rings. The molecule has 2 N–H and O–H groups in total. The molecule has 1 saturated heterocycles. The number of imide groups is 1. The number of sulfonamides is 1. The summed E-state index contributed by atoms with van der Waals surface area (Å²) < 4.78 is 64.0. The Balaban J connectivity index is 1.65. The van der Waals surface area contributed by atoms with Crippen LogP contribution in [-0.2, 0) is 21.0 Å². The van der Waals surface area contributed by atoms with E-state index in [9.17, 15) is 31.2 Å². The molecule has 0 unspecified atom stereocenters. The van der Waals surface area contributed by atoms with Crippen LogP contribution in [0.1, 0.15) is 24.6 Å². The molecule has 3 heterocycles. The average molecular weight is 442 g/mol. The van der Waals surface area contributed by atoms with Gasteiger partial charge in [0, 0.05) is 30.4 Å². The van der Waals surface area contributed by atoms with Gasteiger partial charge >= 0.3 is 12.2 Å². The van der Waals surface area contributed by atoms with Crippen LogP contribution in [0.5, 0.6) is 0 Å². The van der Waals surface area contributed by atoms with Crippen LogP contribution in [0.4, 0.5) is 18.0 Å². The number of halogens is 3. The lowest BCUT2D eigenvalue weighted by atomic mass is 10.1. The van der Waals surface area contributed by atoms with E-state index in [1.165, 1.54) is 17.3 Å². The highest BCUT2D eigenvalue weighted by molar-refractivity contribution is 7.89. The number of carbonyl (C=O) groups is 2. The number of nitrogens with one attached hydrogen (secondary N) is 2.